The third kappa shape index (κ3) is 3.56. The lowest BCUT2D eigenvalue weighted by Gasteiger charge is -2.19. The minimum absolute atomic E-state index is 0.158. The highest BCUT2D eigenvalue weighted by molar-refractivity contribution is 5.61. The third-order valence-electron chi connectivity index (χ3n) is 3.47. The van der Waals surface area contributed by atoms with Crippen molar-refractivity contribution < 1.29 is 18.3 Å². The van der Waals surface area contributed by atoms with Crippen LogP contribution >= 0.6 is 0 Å². The molecular weight excluding hydrogens is 307 g/mol. The van der Waals surface area contributed by atoms with Crippen molar-refractivity contribution in [3.05, 3.63) is 54.3 Å². The van der Waals surface area contributed by atoms with Crippen molar-refractivity contribution in [2.24, 2.45) is 0 Å². The van der Waals surface area contributed by atoms with E-state index in [1.54, 1.807) is 30.5 Å². The average Bonchev–Trinajstić information content (AvgIpc) is 2.96. The second-order valence-electron chi connectivity index (χ2n) is 5.20. The molecule has 0 spiro atoms. The number of imidazole rings is 1. The minimum Gasteiger partial charge on any atom is -0.508 e. The Balaban J connectivity index is 1.73. The minimum atomic E-state index is -4.35. The van der Waals surface area contributed by atoms with Crippen LogP contribution in [-0.2, 0) is 0 Å². The average molecular weight is 321 g/mol. The molecule has 7 heteroatoms. The van der Waals surface area contributed by atoms with Crippen molar-refractivity contribution >= 4 is 5.95 Å². The number of allylic oxidation sites excluding steroid dienone is 2. The van der Waals surface area contributed by atoms with Crippen LogP contribution in [0.25, 0.3) is 11.3 Å². The van der Waals surface area contributed by atoms with Gasteiger partial charge in [-0.05, 0) is 42.3 Å². The lowest BCUT2D eigenvalue weighted by atomic mass is 10.0. The fourth-order valence-corrected chi connectivity index (χ4v) is 2.33. The van der Waals surface area contributed by atoms with Gasteiger partial charge in [-0.1, -0.05) is 12.2 Å². The van der Waals surface area contributed by atoms with Crippen LogP contribution in [0.15, 0.2) is 54.3 Å². The van der Waals surface area contributed by atoms with Crippen molar-refractivity contribution in [1.82, 2.24) is 9.97 Å². The molecule has 1 aromatic heterocycles. The molecule has 0 fully saturated rings. The molecule has 2 aromatic rings. The smallest absolute Gasteiger partial charge is 0.416 e. The van der Waals surface area contributed by atoms with Gasteiger partial charge in [-0.3, -0.25) is 0 Å². The van der Waals surface area contributed by atoms with E-state index in [0.29, 0.717) is 18.1 Å². The van der Waals surface area contributed by atoms with Gasteiger partial charge >= 0.3 is 6.18 Å². The Morgan fingerprint density at radius 1 is 1.22 bits per heavy atom. The van der Waals surface area contributed by atoms with Crippen molar-refractivity contribution in [1.29, 1.82) is 0 Å². The first-order valence-electron chi connectivity index (χ1n) is 6.98. The van der Waals surface area contributed by atoms with Crippen molar-refractivity contribution in [3.8, 4) is 17.0 Å². The number of alkyl halides is 3. The SMILES string of the molecule is Oc1ccc(-c2cnc(NC3C=C(C(F)(F)F)C=CC3)[nH]2)cc1. The van der Waals surface area contributed by atoms with E-state index in [0.717, 1.165) is 17.7 Å². The zero-order chi connectivity index (χ0) is 16.4. The predicted molar refractivity (Wildman–Crippen MR) is 81.0 cm³/mol. The number of anilines is 1. The van der Waals surface area contributed by atoms with E-state index in [4.69, 9.17) is 0 Å². The number of halogens is 3. The largest absolute Gasteiger partial charge is 0.508 e. The van der Waals surface area contributed by atoms with Crippen LogP contribution < -0.4 is 5.32 Å². The number of hydrogen-bond acceptors (Lipinski definition) is 3. The lowest BCUT2D eigenvalue weighted by Crippen LogP contribution is -2.23. The van der Waals surface area contributed by atoms with E-state index in [2.05, 4.69) is 15.3 Å². The summed E-state index contributed by atoms with van der Waals surface area (Å²) in [6, 6.07) is 6.06. The van der Waals surface area contributed by atoms with E-state index in [-0.39, 0.29) is 5.75 Å². The molecule has 1 aromatic carbocycles. The molecule has 1 atom stereocenters. The molecule has 3 rings (SSSR count). The number of nitrogens with one attached hydrogen (secondary N) is 2. The highest BCUT2D eigenvalue weighted by atomic mass is 19.4. The second kappa shape index (κ2) is 5.83. The first-order chi connectivity index (χ1) is 10.9. The summed E-state index contributed by atoms with van der Waals surface area (Å²) < 4.78 is 38.2. The maximum Gasteiger partial charge on any atom is 0.416 e. The van der Waals surface area contributed by atoms with Gasteiger partial charge < -0.3 is 15.4 Å². The molecule has 0 aliphatic heterocycles. The molecule has 1 heterocycles. The van der Waals surface area contributed by atoms with Gasteiger partial charge in [0.15, 0.2) is 0 Å². The first-order valence-corrected chi connectivity index (χ1v) is 6.98. The molecule has 0 radical (unpaired) electrons. The summed E-state index contributed by atoms with van der Waals surface area (Å²) in [5, 5.41) is 12.2. The van der Waals surface area contributed by atoms with Crippen LogP contribution in [-0.4, -0.2) is 27.3 Å². The van der Waals surface area contributed by atoms with Crippen molar-refractivity contribution in [2.45, 2.75) is 18.6 Å². The lowest BCUT2D eigenvalue weighted by molar-refractivity contribution is -0.0886. The Labute approximate surface area is 130 Å². The second-order valence-corrected chi connectivity index (χ2v) is 5.20. The maximum atomic E-state index is 12.7. The number of nitrogens with zero attached hydrogens (tertiary/aromatic N) is 1. The number of aromatic nitrogens is 2. The van der Waals surface area contributed by atoms with Gasteiger partial charge in [-0.25, -0.2) is 4.98 Å². The monoisotopic (exact) mass is 321 g/mol. The van der Waals surface area contributed by atoms with Crippen LogP contribution in [0.1, 0.15) is 6.42 Å². The summed E-state index contributed by atoms with van der Waals surface area (Å²) in [6.07, 6.45) is 1.42. The van der Waals surface area contributed by atoms with Crippen LogP contribution in [0.3, 0.4) is 0 Å². The highest BCUT2D eigenvalue weighted by Crippen LogP contribution is 2.30. The van der Waals surface area contributed by atoms with E-state index in [9.17, 15) is 18.3 Å². The molecule has 1 unspecified atom stereocenters. The Morgan fingerprint density at radius 3 is 2.65 bits per heavy atom. The van der Waals surface area contributed by atoms with Crippen molar-refractivity contribution in [3.63, 3.8) is 0 Å². The summed E-state index contributed by atoms with van der Waals surface area (Å²) in [4.78, 5) is 7.14. The molecule has 0 saturated carbocycles. The zero-order valence-corrected chi connectivity index (χ0v) is 11.9. The fourth-order valence-electron chi connectivity index (χ4n) is 2.33. The number of phenolic OH excluding ortho intramolecular Hbond substituents is 1. The van der Waals surface area contributed by atoms with E-state index >= 15 is 0 Å². The Hall–Kier alpha value is -2.70. The maximum absolute atomic E-state index is 12.7. The van der Waals surface area contributed by atoms with Crippen LogP contribution in [0.5, 0.6) is 5.75 Å². The zero-order valence-electron chi connectivity index (χ0n) is 11.9. The molecular formula is C16H14F3N3O. The van der Waals surface area contributed by atoms with Crippen LogP contribution in [0, 0.1) is 0 Å². The molecule has 0 bridgehead atoms. The van der Waals surface area contributed by atoms with E-state index in [1.165, 1.54) is 6.08 Å². The molecule has 23 heavy (non-hydrogen) atoms. The molecule has 120 valence electrons. The summed E-state index contributed by atoms with van der Waals surface area (Å²) in [7, 11) is 0. The van der Waals surface area contributed by atoms with E-state index < -0.39 is 17.8 Å². The number of aromatic hydroxyl groups is 1. The number of H-pyrrole nitrogens is 1. The molecule has 1 aliphatic rings. The number of benzene rings is 1. The Kier molecular flexibility index (Phi) is 3.85. The van der Waals surface area contributed by atoms with Crippen LogP contribution in [0.4, 0.5) is 19.1 Å². The Bertz CT molecular complexity index is 745. The summed E-state index contributed by atoms with van der Waals surface area (Å²) in [5.74, 6) is 0.552. The number of rotatable bonds is 3. The van der Waals surface area contributed by atoms with Gasteiger partial charge in [-0.2, -0.15) is 13.2 Å². The molecule has 4 nitrogen and oxygen atoms in total. The van der Waals surface area contributed by atoms with Gasteiger partial charge in [-0.15, -0.1) is 0 Å². The van der Waals surface area contributed by atoms with Gasteiger partial charge in [0.2, 0.25) is 5.95 Å². The van der Waals surface area contributed by atoms with E-state index in [1.807, 2.05) is 0 Å². The molecule has 0 amide bonds. The molecule has 0 saturated heterocycles. The number of aromatic amines is 1. The topological polar surface area (TPSA) is 60.9 Å². The quantitative estimate of drug-likeness (QED) is 0.800. The first kappa shape index (κ1) is 15.2. The molecule has 3 N–H and O–H groups in total. The normalized spacial score (nSPS) is 17.9. The van der Waals surface area contributed by atoms with Gasteiger partial charge in [0.1, 0.15) is 5.75 Å². The van der Waals surface area contributed by atoms with Crippen LogP contribution in [0.2, 0.25) is 0 Å². The third-order valence-corrected chi connectivity index (χ3v) is 3.47. The standard InChI is InChI=1S/C16H14F3N3O/c17-16(18,19)11-2-1-3-12(8-11)21-15-20-9-14(22-15)10-4-6-13(23)7-5-10/h1-2,4-9,12,23H,3H2,(H2,20,21,22). The van der Waals surface area contributed by atoms with Crippen molar-refractivity contribution in [2.75, 3.05) is 5.32 Å². The van der Waals surface area contributed by atoms with Gasteiger partial charge in [0.25, 0.3) is 0 Å². The summed E-state index contributed by atoms with van der Waals surface area (Å²) >= 11 is 0. The molecule has 1 aliphatic carbocycles. The summed E-state index contributed by atoms with van der Waals surface area (Å²) in [6.45, 7) is 0. The van der Waals surface area contributed by atoms with Gasteiger partial charge in [0.05, 0.1) is 23.5 Å². The predicted octanol–water partition coefficient (Wildman–Crippen LogP) is 4.01. The van der Waals surface area contributed by atoms with Gasteiger partial charge in [0, 0.05) is 0 Å². The highest BCUT2D eigenvalue weighted by Gasteiger charge is 2.33. The number of hydrogen-bond donors (Lipinski definition) is 3. The fraction of sp³-hybridized carbons (Fsp3) is 0.188. The Morgan fingerprint density at radius 2 is 1.96 bits per heavy atom. The number of phenols is 1. The summed E-state index contributed by atoms with van der Waals surface area (Å²) in [5.41, 5.74) is 0.865.